The summed E-state index contributed by atoms with van der Waals surface area (Å²) < 4.78 is 0. The molecule has 2 aliphatic rings. The highest BCUT2D eigenvalue weighted by molar-refractivity contribution is 7.10. The number of rotatable bonds is 4. The van der Waals surface area contributed by atoms with Gasteiger partial charge in [0.05, 0.1) is 0 Å². The molecule has 1 aliphatic heterocycles. The monoisotopic (exact) mass is 264 g/mol. The average molecular weight is 264 g/mol. The second kappa shape index (κ2) is 5.72. The molecule has 0 amide bonds. The Balaban J connectivity index is 1.64. The predicted molar refractivity (Wildman–Crippen MR) is 78.2 cm³/mol. The van der Waals surface area contributed by atoms with E-state index in [-0.39, 0.29) is 0 Å². The third-order valence-electron chi connectivity index (χ3n) is 4.46. The van der Waals surface area contributed by atoms with Gasteiger partial charge in [-0.25, -0.2) is 0 Å². The van der Waals surface area contributed by atoms with Gasteiger partial charge in [0.25, 0.3) is 0 Å². The lowest BCUT2D eigenvalue weighted by atomic mass is 9.93. The van der Waals surface area contributed by atoms with E-state index in [1.807, 2.05) is 11.3 Å². The van der Waals surface area contributed by atoms with Crippen molar-refractivity contribution in [2.75, 3.05) is 26.2 Å². The van der Waals surface area contributed by atoms with Crippen LogP contribution in [0.25, 0.3) is 0 Å². The zero-order valence-corrected chi connectivity index (χ0v) is 12.1. The Morgan fingerprint density at radius 3 is 3.28 bits per heavy atom. The maximum absolute atomic E-state index is 3.50. The van der Waals surface area contributed by atoms with Crippen molar-refractivity contribution >= 4 is 11.3 Å². The predicted octanol–water partition coefficient (Wildman–Crippen LogP) is 3.06. The van der Waals surface area contributed by atoms with E-state index in [1.54, 1.807) is 10.4 Å². The van der Waals surface area contributed by atoms with E-state index in [0.717, 1.165) is 18.5 Å². The lowest BCUT2D eigenvalue weighted by molar-refractivity contribution is 0.214. The van der Waals surface area contributed by atoms with Crippen molar-refractivity contribution in [2.45, 2.75) is 38.6 Å². The molecule has 0 radical (unpaired) electrons. The molecule has 2 unspecified atom stereocenters. The second-order valence-corrected chi connectivity index (χ2v) is 6.67. The van der Waals surface area contributed by atoms with Gasteiger partial charge in [-0.2, -0.15) is 0 Å². The number of likely N-dealkylation sites (tertiary alicyclic amines) is 1. The van der Waals surface area contributed by atoms with Crippen molar-refractivity contribution in [3.8, 4) is 0 Å². The SMILES string of the molecule is CCNCC1CCN(C2CCCc3sccc32)C1. The third-order valence-corrected chi connectivity index (χ3v) is 5.46. The van der Waals surface area contributed by atoms with E-state index in [4.69, 9.17) is 0 Å². The number of thiophene rings is 1. The Morgan fingerprint density at radius 2 is 2.39 bits per heavy atom. The van der Waals surface area contributed by atoms with Gasteiger partial charge in [0.2, 0.25) is 0 Å². The van der Waals surface area contributed by atoms with Crippen LogP contribution < -0.4 is 5.32 Å². The summed E-state index contributed by atoms with van der Waals surface area (Å²) in [6.45, 7) is 7.11. The van der Waals surface area contributed by atoms with Gasteiger partial charge in [-0.15, -0.1) is 11.3 Å². The second-order valence-electron chi connectivity index (χ2n) is 5.66. The molecule has 0 bridgehead atoms. The van der Waals surface area contributed by atoms with Crippen molar-refractivity contribution in [1.29, 1.82) is 0 Å². The van der Waals surface area contributed by atoms with Gasteiger partial charge in [-0.3, -0.25) is 4.90 Å². The van der Waals surface area contributed by atoms with Crippen LogP contribution in [0.2, 0.25) is 0 Å². The van der Waals surface area contributed by atoms with E-state index in [2.05, 4.69) is 28.6 Å². The summed E-state index contributed by atoms with van der Waals surface area (Å²) in [5.41, 5.74) is 1.65. The fraction of sp³-hybridized carbons (Fsp3) is 0.733. The normalized spacial score (nSPS) is 28.5. The topological polar surface area (TPSA) is 15.3 Å². The zero-order chi connectivity index (χ0) is 12.4. The van der Waals surface area contributed by atoms with Gasteiger partial charge >= 0.3 is 0 Å². The fourth-order valence-corrected chi connectivity index (χ4v) is 4.48. The number of hydrogen-bond acceptors (Lipinski definition) is 3. The Labute approximate surface area is 114 Å². The summed E-state index contributed by atoms with van der Waals surface area (Å²) >= 11 is 1.96. The Hall–Kier alpha value is -0.380. The first-order valence-corrected chi connectivity index (χ1v) is 8.27. The van der Waals surface area contributed by atoms with E-state index >= 15 is 0 Å². The van der Waals surface area contributed by atoms with E-state index in [0.29, 0.717) is 0 Å². The highest BCUT2D eigenvalue weighted by Crippen LogP contribution is 2.39. The Kier molecular flexibility index (Phi) is 4.02. The minimum Gasteiger partial charge on any atom is -0.317 e. The molecule has 100 valence electrons. The standard InChI is InChI=1S/C15H24N2S/c1-2-16-10-12-6-8-17(11-12)14-4-3-5-15-13(14)7-9-18-15/h7,9,12,14,16H,2-6,8,10-11H2,1H3. The number of nitrogens with zero attached hydrogens (tertiary/aromatic N) is 1. The van der Waals surface area contributed by atoms with Gasteiger partial charge < -0.3 is 5.32 Å². The first-order valence-electron chi connectivity index (χ1n) is 7.39. The van der Waals surface area contributed by atoms with Crippen LogP contribution in [0.5, 0.6) is 0 Å². The highest BCUT2D eigenvalue weighted by Gasteiger charge is 2.31. The Morgan fingerprint density at radius 1 is 1.44 bits per heavy atom. The summed E-state index contributed by atoms with van der Waals surface area (Å²) in [6, 6.07) is 3.10. The van der Waals surface area contributed by atoms with Crippen molar-refractivity contribution in [3.05, 3.63) is 21.9 Å². The molecule has 1 aliphatic carbocycles. The van der Waals surface area contributed by atoms with Crippen molar-refractivity contribution < 1.29 is 0 Å². The number of nitrogens with one attached hydrogen (secondary N) is 1. The molecule has 2 heterocycles. The van der Waals surface area contributed by atoms with E-state index < -0.39 is 0 Å². The van der Waals surface area contributed by atoms with Crippen molar-refractivity contribution in [3.63, 3.8) is 0 Å². The molecule has 0 saturated carbocycles. The average Bonchev–Trinajstić information content (AvgIpc) is 3.04. The molecular weight excluding hydrogens is 240 g/mol. The van der Waals surface area contributed by atoms with Crippen LogP contribution in [-0.2, 0) is 6.42 Å². The molecule has 3 heteroatoms. The van der Waals surface area contributed by atoms with E-state index in [1.165, 1.54) is 45.3 Å². The van der Waals surface area contributed by atoms with Gasteiger partial charge in [0.1, 0.15) is 0 Å². The largest absolute Gasteiger partial charge is 0.317 e. The van der Waals surface area contributed by atoms with Crippen LogP contribution in [0.1, 0.15) is 42.7 Å². The lowest BCUT2D eigenvalue weighted by Crippen LogP contribution is -2.30. The molecule has 1 aromatic rings. The molecule has 0 spiro atoms. The number of hydrogen-bond donors (Lipinski definition) is 1. The van der Waals surface area contributed by atoms with Crippen LogP contribution in [0, 0.1) is 5.92 Å². The zero-order valence-electron chi connectivity index (χ0n) is 11.3. The molecule has 1 fully saturated rings. The molecular formula is C15H24N2S. The summed E-state index contributed by atoms with van der Waals surface area (Å²) in [6.07, 6.45) is 5.45. The van der Waals surface area contributed by atoms with E-state index in [9.17, 15) is 0 Å². The van der Waals surface area contributed by atoms with Gasteiger partial charge in [-0.05, 0) is 68.2 Å². The van der Waals surface area contributed by atoms with Gasteiger partial charge in [-0.1, -0.05) is 6.92 Å². The first-order chi connectivity index (χ1) is 8.88. The van der Waals surface area contributed by atoms with Crippen LogP contribution >= 0.6 is 11.3 Å². The van der Waals surface area contributed by atoms with Gasteiger partial charge in [0, 0.05) is 17.5 Å². The van der Waals surface area contributed by atoms with Crippen molar-refractivity contribution in [1.82, 2.24) is 10.2 Å². The quantitative estimate of drug-likeness (QED) is 0.899. The minimum absolute atomic E-state index is 0.728. The lowest BCUT2D eigenvalue weighted by Gasteiger charge is -2.31. The molecule has 2 atom stereocenters. The first kappa shape index (κ1) is 12.6. The molecule has 3 rings (SSSR count). The maximum Gasteiger partial charge on any atom is 0.0359 e. The summed E-state index contributed by atoms with van der Waals surface area (Å²) in [5.74, 6) is 0.869. The molecule has 1 saturated heterocycles. The number of fused-ring (bicyclic) bond motifs is 1. The summed E-state index contributed by atoms with van der Waals surface area (Å²) in [7, 11) is 0. The van der Waals surface area contributed by atoms with Crippen molar-refractivity contribution in [2.24, 2.45) is 5.92 Å². The van der Waals surface area contributed by atoms with Crippen LogP contribution in [-0.4, -0.2) is 31.1 Å². The number of aryl methyl sites for hydroxylation is 1. The molecule has 1 N–H and O–H groups in total. The molecule has 1 aromatic heterocycles. The molecule has 0 aromatic carbocycles. The smallest absolute Gasteiger partial charge is 0.0359 e. The molecule has 18 heavy (non-hydrogen) atoms. The fourth-order valence-electron chi connectivity index (χ4n) is 3.50. The molecule has 2 nitrogen and oxygen atoms in total. The van der Waals surface area contributed by atoms with Crippen LogP contribution in [0.15, 0.2) is 11.4 Å². The third kappa shape index (κ3) is 2.49. The highest BCUT2D eigenvalue weighted by atomic mass is 32.1. The van der Waals surface area contributed by atoms with Crippen LogP contribution in [0.4, 0.5) is 0 Å². The minimum atomic E-state index is 0.728. The van der Waals surface area contributed by atoms with Gasteiger partial charge in [0.15, 0.2) is 0 Å². The van der Waals surface area contributed by atoms with Crippen LogP contribution in [0.3, 0.4) is 0 Å². The maximum atomic E-state index is 3.50. The summed E-state index contributed by atoms with van der Waals surface area (Å²) in [5, 5.41) is 5.79. The Bertz CT molecular complexity index is 388. The summed E-state index contributed by atoms with van der Waals surface area (Å²) in [4.78, 5) is 4.40.